The molecule has 2 aromatic carbocycles. The molecule has 0 saturated heterocycles. The van der Waals surface area contributed by atoms with Gasteiger partial charge in [-0.25, -0.2) is 18.6 Å². The van der Waals surface area contributed by atoms with Gasteiger partial charge in [0.1, 0.15) is 23.0 Å². The van der Waals surface area contributed by atoms with Crippen LogP contribution in [0.1, 0.15) is 21.7 Å². The van der Waals surface area contributed by atoms with Gasteiger partial charge in [0.25, 0.3) is 0 Å². The lowest BCUT2D eigenvalue weighted by molar-refractivity contribution is 0.0698. The molecule has 2 N–H and O–H groups in total. The van der Waals surface area contributed by atoms with E-state index in [9.17, 15) is 13.6 Å². The van der Waals surface area contributed by atoms with E-state index < -0.39 is 11.8 Å². The SMILES string of the molecule is O=C(O)c1cc(F)cc2[nH]c(Cc3ccccc3F)nc12. The average Bonchev–Trinajstić information content (AvgIpc) is 2.82. The average molecular weight is 288 g/mol. The predicted octanol–water partition coefficient (Wildman–Crippen LogP) is 3.13. The van der Waals surface area contributed by atoms with Crippen molar-refractivity contribution in [2.24, 2.45) is 0 Å². The molecule has 0 aliphatic rings. The number of hydrogen-bond acceptors (Lipinski definition) is 2. The Morgan fingerprint density at radius 2 is 2.00 bits per heavy atom. The molecule has 0 fully saturated rings. The molecule has 0 spiro atoms. The van der Waals surface area contributed by atoms with Gasteiger partial charge in [0, 0.05) is 6.42 Å². The van der Waals surface area contributed by atoms with Gasteiger partial charge in [-0.1, -0.05) is 18.2 Å². The van der Waals surface area contributed by atoms with E-state index in [1.54, 1.807) is 18.2 Å². The van der Waals surface area contributed by atoms with Gasteiger partial charge in [-0.2, -0.15) is 0 Å². The maximum absolute atomic E-state index is 13.6. The largest absolute Gasteiger partial charge is 0.478 e. The molecule has 3 rings (SSSR count). The molecular formula is C15H10F2N2O2. The van der Waals surface area contributed by atoms with Crippen molar-refractivity contribution in [1.29, 1.82) is 0 Å². The highest BCUT2D eigenvalue weighted by molar-refractivity contribution is 6.00. The zero-order valence-electron chi connectivity index (χ0n) is 10.7. The quantitative estimate of drug-likeness (QED) is 0.778. The molecule has 0 atom stereocenters. The Labute approximate surface area is 118 Å². The Bertz CT molecular complexity index is 843. The van der Waals surface area contributed by atoms with Gasteiger partial charge in [-0.05, 0) is 23.8 Å². The van der Waals surface area contributed by atoms with Crippen LogP contribution in [0.4, 0.5) is 8.78 Å². The molecule has 0 unspecified atom stereocenters. The highest BCUT2D eigenvalue weighted by Crippen LogP contribution is 2.20. The van der Waals surface area contributed by atoms with Crippen LogP contribution in [0.3, 0.4) is 0 Å². The number of aromatic nitrogens is 2. The molecule has 4 nitrogen and oxygen atoms in total. The molecular weight excluding hydrogens is 278 g/mol. The number of aromatic amines is 1. The number of rotatable bonds is 3. The van der Waals surface area contributed by atoms with E-state index in [0.29, 0.717) is 11.4 Å². The smallest absolute Gasteiger partial charge is 0.338 e. The minimum atomic E-state index is -1.26. The molecule has 21 heavy (non-hydrogen) atoms. The fourth-order valence-electron chi connectivity index (χ4n) is 2.20. The second kappa shape index (κ2) is 4.97. The van der Waals surface area contributed by atoms with Gasteiger partial charge in [0.05, 0.1) is 11.1 Å². The summed E-state index contributed by atoms with van der Waals surface area (Å²) in [6, 6.07) is 8.30. The van der Waals surface area contributed by atoms with Crippen molar-refractivity contribution in [3.63, 3.8) is 0 Å². The lowest BCUT2D eigenvalue weighted by Crippen LogP contribution is -1.98. The first kappa shape index (κ1) is 13.2. The van der Waals surface area contributed by atoms with E-state index in [-0.39, 0.29) is 28.8 Å². The topological polar surface area (TPSA) is 66.0 Å². The van der Waals surface area contributed by atoms with Crippen molar-refractivity contribution in [3.8, 4) is 0 Å². The monoisotopic (exact) mass is 288 g/mol. The third kappa shape index (κ3) is 2.47. The van der Waals surface area contributed by atoms with Crippen molar-refractivity contribution in [2.75, 3.05) is 0 Å². The normalized spacial score (nSPS) is 11.0. The molecule has 0 saturated carbocycles. The first-order chi connectivity index (χ1) is 10.0. The summed E-state index contributed by atoms with van der Waals surface area (Å²) < 4.78 is 27.0. The lowest BCUT2D eigenvalue weighted by atomic mass is 10.1. The van der Waals surface area contributed by atoms with Gasteiger partial charge in [-0.3, -0.25) is 0 Å². The molecule has 0 radical (unpaired) electrons. The van der Waals surface area contributed by atoms with Crippen LogP contribution in [-0.4, -0.2) is 21.0 Å². The van der Waals surface area contributed by atoms with Crippen molar-refractivity contribution in [1.82, 2.24) is 9.97 Å². The molecule has 0 amide bonds. The zero-order valence-corrected chi connectivity index (χ0v) is 10.7. The summed E-state index contributed by atoms with van der Waals surface area (Å²) in [7, 11) is 0. The molecule has 0 aliphatic heterocycles. The lowest BCUT2D eigenvalue weighted by Gasteiger charge is -1.99. The number of benzene rings is 2. The number of nitrogens with one attached hydrogen (secondary N) is 1. The highest BCUT2D eigenvalue weighted by atomic mass is 19.1. The van der Waals surface area contributed by atoms with Crippen molar-refractivity contribution in [3.05, 3.63) is 65.0 Å². The number of hydrogen-bond donors (Lipinski definition) is 2. The fraction of sp³-hybridized carbons (Fsp3) is 0.0667. The number of nitrogens with zero attached hydrogens (tertiary/aromatic N) is 1. The summed E-state index contributed by atoms with van der Waals surface area (Å²) in [6.07, 6.45) is 0.169. The Morgan fingerprint density at radius 1 is 1.24 bits per heavy atom. The first-order valence-corrected chi connectivity index (χ1v) is 6.19. The van der Waals surface area contributed by atoms with E-state index in [1.165, 1.54) is 12.1 Å². The number of H-pyrrole nitrogens is 1. The Kier molecular flexibility index (Phi) is 3.13. The third-order valence-corrected chi connectivity index (χ3v) is 3.15. The number of carboxylic acids is 1. The molecule has 3 aromatic rings. The van der Waals surface area contributed by atoms with E-state index in [4.69, 9.17) is 5.11 Å². The third-order valence-electron chi connectivity index (χ3n) is 3.15. The minimum Gasteiger partial charge on any atom is -0.478 e. The maximum Gasteiger partial charge on any atom is 0.338 e. The molecule has 0 aliphatic carbocycles. The van der Waals surface area contributed by atoms with Crippen molar-refractivity contribution in [2.45, 2.75) is 6.42 Å². The number of carboxylic acid groups (broad SMARTS) is 1. The van der Waals surface area contributed by atoms with Crippen LogP contribution >= 0.6 is 0 Å². The number of carbonyl (C=O) groups is 1. The Hall–Kier alpha value is -2.76. The summed E-state index contributed by atoms with van der Waals surface area (Å²) >= 11 is 0. The summed E-state index contributed by atoms with van der Waals surface area (Å²) in [4.78, 5) is 18.1. The van der Waals surface area contributed by atoms with Crippen LogP contribution in [-0.2, 0) is 6.42 Å². The van der Waals surface area contributed by atoms with E-state index in [2.05, 4.69) is 9.97 Å². The van der Waals surface area contributed by atoms with Gasteiger partial charge in [0.15, 0.2) is 0 Å². The van der Waals surface area contributed by atoms with Crippen LogP contribution in [0.15, 0.2) is 36.4 Å². The molecule has 1 aromatic heterocycles. The highest BCUT2D eigenvalue weighted by Gasteiger charge is 2.15. The van der Waals surface area contributed by atoms with Crippen LogP contribution < -0.4 is 0 Å². The van der Waals surface area contributed by atoms with Gasteiger partial charge >= 0.3 is 5.97 Å². The van der Waals surface area contributed by atoms with E-state index >= 15 is 0 Å². The fourth-order valence-corrected chi connectivity index (χ4v) is 2.20. The van der Waals surface area contributed by atoms with E-state index in [1.807, 2.05) is 0 Å². The van der Waals surface area contributed by atoms with Crippen LogP contribution in [0.25, 0.3) is 11.0 Å². The molecule has 6 heteroatoms. The standard InChI is InChI=1S/C15H10F2N2O2/c16-9-6-10(15(20)21)14-12(7-9)18-13(19-14)5-8-3-1-2-4-11(8)17/h1-4,6-7H,5H2,(H,18,19)(H,20,21). The Morgan fingerprint density at radius 3 is 2.71 bits per heavy atom. The summed E-state index contributed by atoms with van der Waals surface area (Å²) in [5.41, 5.74) is 0.643. The maximum atomic E-state index is 13.6. The van der Waals surface area contributed by atoms with Crippen molar-refractivity contribution >= 4 is 17.0 Å². The second-order valence-corrected chi connectivity index (χ2v) is 4.61. The number of halogens is 2. The first-order valence-electron chi connectivity index (χ1n) is 6.19. The number of imidazole rings is 1. The number of aromatic carboxylic acids is 1. The predicted molar refractivity (Wildman–Crippen MR) is 72.2 cm³/mol. The molecule has 1 heterocycles. The van der Waals surface area contributed by atoms with E-state index in [0.717, 1.165) is 6.07 Å². The summed E-state index contributed by atoms with van der Waals surface area (Å²) in [5, 5.41) is 9.07. The second-order valence-electron chi connectivity index (χ2n) is 4.61. The summed E-state index contributed by atoms with van der Waals surface area (Å²) in [6.45, 7) is 0. The number of fused-ring (bicyclic) bond motifs is 1. The minimum absolute atomic E-state index is 0.162. The Balaban J connectivity index is 2.07. The molecule has 0 bridgehead atoms. The van der Waals surface area contributed by atoms with Crippen LogP contribution in [0, 0.1) is 11.6 Å². The van der Waals surface area contributed by atoms with Gasteiger partial charge in [0.2, 0.25) is 0 Å². The van der Waals surface area contributed by atoms with Gasteiger partial charge in [-0.15, -0.1) is 0 Å². The van der Waals surface area contributed by atoms with Crippen molar-refractivity contribution < 1.29 is 18.7 Å². The zero-order chi connectivity index (χ0) is 15.0. The van der Waals surface area contributed by atoms with Gasteiger partial charge < -0.3 is 10.1 Å². The molecule has 106 valence electrons. The summed E-state index contributed by atoms with van der Waals surface area (Å²) in [5.74, 6) is -1.92. The van der Waals surface area contributed by atoms with Crippen LogP contribution in [0.2, 0.25) is 0 Å². The van der Waals surface area contributed by atoms with Crippen LogP contribution in [0.5, 0.6) is 0 Å².